The normalized spacial score (nSPS) is 10.1. The summed E-state index contributed by atoms with van der Waals surface area (Å²) in [7, 11) is 0. The molecule has 4 nitrogen and oxygen atoms in total. The summed E-state index contributed by atoms with van der Waals surface area (Å²) in [4.78, 5) is 14.1. The van der Waals surface area contributed by atoms with E-state index in [9.17, 15) is 10.1 Å². The summed E-state index contributed by atoms with van der Waals surface area (Å²) >= 11 is 0. The number of aryl methyl sites for hydroxylation is 2. The first kappa shape index (κ1) is 11.3. The molecule has 1 heterocycles. The fourth-order valence-electron chi connectivity index (χ4n) is 1.62. The number of non-ortho nitro benzene ring substituents is 1. The van der Waals surface area contributed by atoms with Crippen LogP contribution in [0.5, 0.6) is 0 Å². The predicted molar refractivity (Wildman–Crippen MR) is 64.7 cm³/mol. The molecule has 0 radical (unpaired) electrons. The van der Waals surface area contributed by atoms with Crippen molar-refractivity contribution in [1.29, 1.82) is 0 Å². The van der Waals surface area contributed by atoms with Gasteiger partial charge in [-0.05, 0) is 30.0 Å². The fourth-order valence-corrected chi connectivity index (χ4v) is 1.62. The molecular weight excluding hydrogens is 216 g/mol. The number of hydrogen-bond acceptors (Lipinski definition) is 3. The summed E-state index contributed by atoms with van der Waals surface area (Å²) in [5.74, 6) is 0. The van der Waals surface area contributed by atoms with E-state index in [-0.39, 0.29) is 10.6 Å². The number of aromatic nitrogens is 1. The van der Waals surface area contributed by atoms with E-state index >= 15 is 0 Å². The Labute approximate surface area is 99.1 Å². The van der Waals surface area contributed by atoms with E-state index in [0.717, 1.165) is 18.4 Å². The minimum Gasteiger partial charge on any atom is -0.264 e. The van der Waals surface area contributed by atoms with Crippen LogP contribution in [0.2, 0.25) is 0 Å². The maximum Gasteiger partial charge on any atom is 0.269 e. The minimum absolute atomic E-state index is 0.134. The third kappa shape index (κ3) is 3.11. The van der Waals surface area contributed by atoms with Crippen LogP contribution in [0.25, 0.3) is 0 Å². The lowest BCUT2D eigenvalue weighted by Crippen LogP contribution is -1.93. The van der Waals surface area contributed by atoms with Gasteiger partial charge in [-0.15, -0.1) is 0 Å². The van der Waals surface area contributed by atoms with E-state index < -0.39 is 0 Å². The standard InChI is InChI=1S/C13H12N2O2/c16-15(17)13-7-5-11(6-8-13)3-4-12-2-1-9-14-10-12/h1-2,5-10H,3-4H2. The second-order valence-corrected chi connectivity index (χ2v) is 3.78. The largest absolute Gasteiger partial charge is 0.269 e. The number of benzene rings is 1. The number of rotatable bonds is 4. The quantitative estimate of drug-likeness (QED) is 0.597. The van der Waals surface area contributed by atoms with Gasteiger partial charge in [0.25, 0.3) is 5.69 Å². The van der Waals surface area contributed by atoms with E-state index in [1.54, 1.807) is 30.5 Å². The van der Waals surface area contributed by atoms with E-state index in [0.29, 0.717) is 0 Å². The van der Waals surface area contributed by atoms with Crippen LogP contribution in [0.15, 0.2) is 48.8 Å². The molecule has 0 unspecified atom stereocenters. The third-order valence-corrected chi connectivity index (χ3v) is 2.57. The number of nitro groups is 1. The van der Waals surface area contributed by atoms with Crippen molar-refractivity contribution in [1.82, 2.24) is 4.98 Å². The SMILES string of the molecule is O=[N+]([O-])c1ccc(CCc2cccnc2)cc1. The lowest BCUT2D eigenvalue weighted by atomic mass is 10.1. The molecule has 0 spiro atoms. The molecule has 1 aromatic carbocycles. The Kier molecular flexibility index (Phi) is 3.45. The second-order valence-electron chi connectivity index (χ2n) is 3.78. The van der Waals surface area contributed by atoms with Gasteiger partial charge in [-0.2, -0.15) is 0 Å². The van der Waals surface area contributed by atoms with Gasteiger partial charge in [-0.25, -0.2) is 0 Å². The average Bonchev–Trinajstić information content (AvgIpc) is 2.38. The van der Waals surface area contributed by atoms with E-state index in [2.05, 4.69) is 4.98 Å². The molecule has 0 fully saturated rings. The molecule has 86 valence electrons. The average molecular weight is 228 g/mol. The van der Waals surface area contributed by atoms with Crippen LogP contribution in [-0.4, -0.2) is 9.91 Å². The number of hydrogen-bond donors (Lipinski definition) is 0. The first-order chi connectivity index (χ1) is 8.25. The lowest BCUT2D eigenvalue weighted by Gasteiger charge is -2.01. The Hall–Kier alpha value is -2.23. The van der Waals surface area contributed by atoms with Crippen molar-refractivity contribution in [3.8, 4) is 0 Å². The van der Waals surface area contributed by atoms with Crippen molar-refractivity contribution in [2.75, 3.05) is 0 Å². The highest BCUT2D eigenvalue weighted by molar-refractivity contribution is 5.33. The summed E-state index contributed by atoms with van der Waals surface area (Å²) in [6, 6.07) is 10.6. The van der Waals surface area contributed by atoms with Crippen molar-refractivity contribution >= 4 is 5.69 Å². The van der Waals surface area contributed by atoms with Crippen LogP contribution in [0.1, 0.15) is 11.1 Å². The maximum atomic E-state index is 10.5. The molecule has 0 bridgehead atoms. The molecule has 17 heavy (non-hydrogen) atoms. The molecule has 2 rings (SSSR count). The van der Waals surface area contributed by atoms with Gasteiger partial charge in [-0.3, -0.25) is 15.1 Å². The summed E-state index contributed by atoms with van der Waals surface area (Å²) in [6.07, 6.45) is 5.34. The summed E-state index contributed by atoms with van der Waals surface area (Å²) < 4.78 is 0. The Balaban J connectivity index is 1.98. The monoisotopic (exact) mass is 228 g/mol. The van der Waals surface area contributed by atoms with Crippen LogP contribution in [0.4, 0.5) is 5.69 Å². The molecule has 1 aromatic heterocycles. The van der Waals surface area contributed by atoms with Gasteiger partial charge in [0.2, 0.25) is 0 Å². The molecule has 0 aliphatic rings. The first-order valence-electron chi connectivity index (χ1n) is 5.38. The predicted octanol–water partition coefficient (Wildman–Crippen LogP) is 2.78. The molecule has 0 aliphatic carbocycles. The summed E-state index contributed by atoms with van der Waals surface area (Å²) in [5, 5.41) is 10.5. The van der Waals surface area contributed by atoms with Crippen LogP contribution < -0.4 is 0 Å². The van der Waals surface area contributed by atoms with Gasteiger partial charge in [0.1, 0.15) is 0 Å². The second kappa shape index (κ2) is 5.21. The van der Waals surface area contributed by atoms with Crippen LogP contribution in [-0.2, 0) is 12.8 Å². The maximum absolute atomic E-state index is 10.5. The van der Waals surface area contributed by atoms with Crippen LogP contribution >= 0.6 is 0 Å². The van der Waals surface area contributed by atoms with Gasteiger partial charge in [0.15, 0.2) is 0 Å². The molecule has 0 amide bonds. The molecular formula is C13H12N2O2. The molecule has 4 heteroatoms. The van der Waals surface area contributed by atoms with Crippen molar-refractivity contribution < 1.29 is 4.92 Å². The summed E-state index contributed by atoms with van der Waals surface area (Å²) in [5.41, 5.74) is 2.40. The zero-order chi connectivity index (χ0) is 12.1. The van der Waals surface area contributed by atoms with E-state index in [1.807, 2.05) is 18.3 Å². The Morgan fingerprint density at radius 3 is 2.35 bits per heavy atom. The lowest BCUT2D eigenvalue weighted by molar-refractivity contribution is -0.384. The van der Waals surface area contributed by atoms with E-state index in [4.69, 9.17) is 0 Å². The number of nitro benzene ring substituents is 1. The molecule has 0 saturated heterocycles. The number of pyridine rings is 1. The Morgan fingerprint density at radius 2 is 1.76 bits per heavy atom. The van der Waals surface area contributed by atoms with Gasteiger partial charge < -0.3 is 0 Å². The highest BCUT2D eigenvalue weighted by atomic mass is 16.6. The van der Waals surface area contributed by atoms with E-state index in [1.165, 1.54) is 5.56 Å². The highest BCUT2D eigenvalue weighted by Crippen LogP contribution is 2.13. The molecule has 0 N–H and O–H groups in total. The molecule has 0 atom stereocenters. The van der Waals surface area contributed by atoms with Gasteiger partial charge in [-0.1, -0.05) is 18.2 Å². The molecule has 2 aromatic rings. The van der Waals surface area contributed by atoms with Crippen LogP contribution in [0, 0.1) is 10.1 Å². The van der Waals surface area contributed by atoms with Gasteiger partial charge in [0, 0.05) is 24.5 Å². The Morgan fingerprint density at radius 1 is 1.06 bits per heavy atom. The van der Waals surface area contributed by atoms with Crippen molar-refractivity contribution in [2.45, 2.75) is 12.8 Å². The topological polar surface area (TPSA) is 56.0 Å². The zero-order valence-corrected chi connectivity index (χ0v) is 9.24. The third-order valence-electron chi connectivity index (χ3n) is 2.57. The number of nitrogens with zero attached hydrogens (tertiary/aromatic N) is 2. The minimum atomic E-state index is -0.384. The molecule has 0 aliphatic heterocycles. The molecule has 0 saturated carbocycles. The fraction of sp³-hybridized carbons (Fsp3) is 0.154. The zero-order valence-electron chi connectivity index (χ0n) is 9.24. The first-order valence-corrected chi connectivity index (χ1v) is 5.38. The smallest absolute Gasteiger partial charge is 0.264 e. The van der Waals surface area contributed by atoms with Crippen LogP contribution in [0.3, 0.4) is 0 Å². The van der Waals surface area contributed by atoms with Crippen molar-refractivity contribution in [3.63, 3.8) is 0 Å². The van der Waals surface area contributed by atoms with Gasteiger partial charge >= 0.3 is 0 Å². The highest BCUT2D eigenvalue weighted by Gasteiger charge is 2.03. The van der Waals surface area contributed by atoms with Crippen molar-refractivity contribution in [3.05, 3.63) is 70.0 Å². The summed E-state index contributed by atoms with van der Waals surface area (Å²) in [6.45, 7) is 0. The van der Waals surface area contributed by atoms with Gasteiger partial charge in [0.05, 0.1) is 4.92 Å². The Bertz CT molecular complexity index is 495. The van der Waals surface area contributed by atoms with Crippen molar-refractivity contribution in [2.24, 2.45) is 0 Å².